The molecule has 4 heteroatoms. The molecule has 0 N–H and O–H groups in total. The van der Waals surface area contributed by atoms with Crippen molar-refractivity contribution in [2.45, 2.75) is 40.2 Å². The van der Waals surface area contributed by atoms with Crippen molar-refractivity contribution < 1.29 is 9.53 Å². The summed E-state index contributed by atoms with van der Waals surface area (Å²) in [6, 6.07) is 6.52. The normalized spacial score (nSPS) is 10.8. The van der Waals surface area contributed by atoms with E-state index in [2.05, 4.69) is 32.0 Å². The minimum atomic E-state index is 0.199. The molecular weight excluding hydrogens is 282 g/mol. The zero-order chi connectivity index (χ0) is 15.8. The average Bonchev–Trinajstić information content (AvgIpc) is 2.40. The van der Waals surface area contributed by atoms with E-state index in [1.807, 2.05) is 20.9 Å². The van der Waals surface area contributed by atoms with E-state index in [1.54, 1.807) is 16.7 Å². The molecule has 0 saturated heterocycles. The van der Waals surface area contributed by atoms with Crippen LogP contribution in [-0.2, 0) is 4.79 Å². The van der Waals surface area contributed by atoms with E-state index in [4.69, 9.17) is 4.74 Å². The first-order valence-electron chi connectivity index (χ1n) is 7.44. The van der Waals surface area contributed by atoms with Crippen molar-refractivity contribution in [3.8, 4) is 5.75 Å². The van der Waals surface area contributed by atoms with Gasteiger partial charge >= 0.3 is 0 Å². The van der Waals surface area contributed by atoms with E-state index >= 15 is 0 Å². The number of benzene rings is 1. The molecule has 118 valence electrons. The van der Waals surface area contributed by atoms with Gasteiger partial charge < -0.3 is 9.64 Å². The Morgan fingerprint density at radius 3 is 2.43 bits per heavy atom. The fourth-order valence-corrected chi connectivity index (χ4v) is 2.76. The van der Waals surface area contributed by atoms with E-state index in [-0.39, 0.29) is 11.9 Å². The Balaban J connectivity index is 2.16. The number of carbonyl (C=O) groups excluding carboxylic acids is 1. The molecule has 0 aliphatic carbocycles. The lowest BCUT2D eigenvalue weighted by molar-refractivity contribution is -0.128. The predicted molar refractivity (Wildman–Crippen MR) is 91.3 cm³/mol. The molecule has 0 atom stereocenters. The van der Waals surface area contributed by atoms with Gasteiger partial charge in [-0.25, -0.2) is 0 Å². The summed E-state index contributed by atoms with van der Waals surface area (Å²) in [6.07, 6.45) is 0.955. The predicted octanol–water partition coefficient (Wildman–Crippen LogP) is 3.67. The molecule has 21 heavy (non-hydrogen) atoms. The maximum atomic E-state index is 11.8. The number of hydrogen-bond acceptors (Lipinski definition) is 3. The van der Waals surface area contributed by atoms with Crippen molar-refractivity contribution in [2.24, 2.45) is 0 Å². The summed E-state index contributed by atoms with van der Waals surface area (Å²) in [5.41, 5.74) is 2.45. The molecule has 0 heterocycles. The highest BCUT2D eigenvalue weighted by Crippen LogP contribution is 2.16. The third kappa shape index (κ3) is 6.89. The maximum Gasteiger partial charge on any atom is 0.232 e. The van der Waals surface area contributed by atoms with Crippen LogP contribution in [-0.4, -0.2) is 42.0 Å². The molecule has 1 rings (SSSR count). The van der Waals surface area contributed by atoms with Crippen LogP contribution in [0.15, 0.2) is 18.2 Å². The van der Waals surface area contributed by atoms with Crippen LogP contribution in [0, 0.1) is 13.8 Å². The third-order valence-electron chi connectivity index (χ3n) is 3.29. The first-order chi connectivity index (χ1) is 9.90. The zero-order valence-corrected chi connectivity index (χ0v) is 14.6. The zero-order valence-electron chi connectivity index (χ0n) is 13.8. The number of rotatable bonds is 8. The Morgan fingerprint density at radius 2 is 1.86 bits per heavy atom. The summed E-state index contributed by atoms with van der Waals surface area (Å²) in [5.74, 6) is 2.64. The van der Waals surface area contributed by atoms with Crippen molar-refractivity contribution in [3.05, 3.63) is 29.3 Å². The highest BCUT2D eigenvalue weighted by molar-refractivity contribution is 7.99. The minimum Gasteiger partial charge on any atom is -0.494 e. The van der Waals surface area contributed by atoms with Gasteiger partial charge in [-0.2, -0.15) is 11.8 Å². The lowest BCUT2D eigenvalue weighted by Gasteiger charge is -2.21. The van der Waals surface area contributed by atoms with E-state index in [1.165, 1.54) is 11.1 Å². The van der Waals surface area contributed by atoms with Gasteiger partial charge in [0, 0.05) is 13.1 Å². The summed E-state index contributed by atoms with van der Waals surface area (Å²) < 4.78 is 5.75. The first-order valence-corrected chi connectivity index (χ1v) is 8.60. The van der Waals surface area contributed by atoms with Crippen LogP contribution in [0.5, 0.6) is 5.75 Å². The van der Waals surface area contributed by atoms with Crippen molar-refractivity contribution in [2.75, 3.05) is 25.2 Å². The van der Waals surface area contributed by atoms with Gasteiger partial charge in [0.05, 0.1) is 12.4 Å². The quantitative estimate of drug-likeness (QED) is 0.686. The molecule has 0 bridgehead atoms. The molecule has 1 amide bonds. The Morgan fingerprint density at radius 1 is 1.24 bits per heavy atom. The molecule has 0 spiro atoms. The van der Waals surface area contributed by atoms with Crippen molar-refractivity contribution >= 4 is 17.7 Å². The van der Waals surface area contributed by atoms with Gasteiger partial charge in [0.2, 0.25) is 5.91 Å². The van der Waals surface area contributed by atoms with Crippen LogP contribution in [0.4, 0.5) is 0 Å². The van der Waals surface area contributed by atoms with Crippen LogP contribution in [0.25, 0.3) is 0 Å². The number of thioether (sulfide) groups is 1. The summed E-state index contributed by atoms with van der Waals surface area (Å²) >= 11 is 1.68. The topological polar surface area (TPSA) is 29.5 Å². The molecule has 3 nitrogen and oxygen atoms in total. The molecule has 0 radical (unpaired) electrons. The molecule has 0 unspecified atom stereocenters. The number of carbonyl (C=O) groups is 1. The van der Waals surface area contributed by atoms with Crippen LogP contribution in [0.3, 0.4) is 0 Å². The summed E-state index contributed by atoms with van der Waals surface area (Å²) in [6.45, 7) is 8.91. The smallest absolute Gasteiger partial charge is 0.232 e. The van der Waals surface area contributed by atoms with Gasteiger partial charge in [-0.15, -0.1) is 0 Å². The fourth-order valence-electron chi connectivity index (χ4n) is 1.92. The largest absolute Gasteiger partial charge is 0.494 e. The highest BCUT2D eigenvalue weighted by Gasteiger charge is 2.11. The fraction of sp³-hybridized carbons (Fsp3) is 0.588. The maximum absolute atomic E-state index is 11.8. The SMILES string of the molecule is Cc1cc(C)cc(OCCCSCC(=O)N(C)C(C)C)c1. The van der Waals surface area contributed by atoms with Crippen LogP contribution in [0.1, 0.15) is 31.4 Å². The second-order valence-corrected chi connectivity index (χ2v) is 6.78. The molecule has 0 aliphatic heterocycles. The van der Waals surface area contributed by atoms with Crippen LogP contribution in [0.2, 0.25) is 0 Å². The number of amides is 1. The van der Waals surface area contributed by atoms with Crippen molar-refractivity contribution in [1.82, 2.24) is 4.90 Å². The summed E-state index contributed by atoms with van der Waals surface area (Å²) in [7, 11) is 1.86. The molecule has 1 aromatic carbocycles. The van der Waals surface area contributed by atoms with E-state index < -0.39 is 0 Å². The van der Waals surface area contributed by atoms with E-state index in [9.17, 15) is 4.79 Å². The van der Waals surface area contributed by atoms with Crippen LogP contribution >= 0.6 is 11.8 Å². The third-order valence-corrected chi connectivity index (χ3v) is 4.32. The monoisotopic (exact) mass is 309 g/mol. The Bertz CT molecular complexity index is 440. The molecule has 0 saturated carbocycles. The lowest BCUT2D eigenvalue weighted by atomic mass is 10.1. The van der Waals surface area contributed by atoms with Gasteiger partial charge in [-0.1, -0.05) is 6.07 Å². The lowest BCUT2D eigenvalue weighted by Crippen LogP contribution is -2.34. The average molecular weight is 309 g/mol. The second-order valence-electron chi connectivity index (χ2n) is 5.68. The van der Waals surface area contributed by atoms with Gasteiger partial charge in [0.25, 0.3) is 0 Å². The second kappa shape index (κ2) is 8.98. The van der Waals surface area contributed by atoms with Crippen LogP contribution < -0.4 is 4.74 Å². The number of ether oxygens (including phenoxy) is 1. The van der Waals surface area contributed by atoms with Gasteiger partial charge in [-0.3, -0.25) is 4.79 Å². The number of aryl methyl sites for hydroxylation is 2. The van der Waals surface area contributed by atoms with E-state index in [0.29, 0.717) is 12.4 Å². The van der Waals surface area contributed by atoms with Gasteiger partial charge in [0.1, 0.15) is 5.75 Å². The molecule has 0 aromatic heterocycles. The van der Waals surface area contributed by atoms with Crippen molar-refractivity contribution in [3.63, 3.8) is 0 Å². The Kier molecular flexibility index (Phi) is 7.65. The van der Waals surface area contributed by atoms with Crippen molar-refractivity contribution in [1.29, 1.82) is 0 Å². The Hall–Kier alpha value is -1.16. The molecule has 0 aliphatic rings. The molecular formula is C17H27NO2S. The number of nitrogens with zero attached hydrogens (tertiary/aromatic N) is 1. The van der Waals surface area contributed by atoms with Gasteiger partial charge in [-0.05, 0) is 63.1 Å². The van der Waals surface area contributed by atoms with Gasteiger partial charge in [0.15, 0.2) is 0 Å². The molecule has 0 fully saturated rings. The summed E-state index contributed by atoms with van der Waals surface area (Å²) in [4.78, 5) is 13.6. The summed E-state index contributed by atoms with van der Waals surface area (Å²) in [5, 5.41) is 0. The standard InChI is InChI=1S/C17H27NO2S/c1-13(2)18(5)17(19)12-21-8-6-7-20-16-10-14(3)9-15(4)11-16/h9-11,13H,6-8,12H2,1-5H3. The first kappa shape index (κ1) is 17.9. The number of hydrogen-bond donors (Lipinski definition) is 0. The van der Waals surface area contributed by atoms with E-state index in [0.717, 1.165) is 17.9 Å². The minimum absolute atomic E-state index is 0.199. The molecule has 1 aromatic rings. The Labute approximate surface area is 133 Å². The highest BCUT2D eigenvalue weighted by atomic mass is 32.2.